The number of rotatable bonds is 2. The molecule has 0 aromatic carbocycles. The molecule has 0 spiro atoms. The van der Waals surface area contributed by atoms with Crippen LogP contribution in [0.2, 0.25) is 0 Å². The molecule has 0 radical (unpaired) electrons. The van der Waals surface area contributed by atoms with Crippen molar-refractivity contribution >= 4 is 0 Å². The Kier molecular flexibility index (Phi) is 3.28. The molecule has 0 aromatic rings. The van der Waals surface area contributed by atoms with Crippen LogP contribution in [-0.2, 0) is 0 Å². The molecule has 0 saturated carbocycles. The van der Waals surface area contributed by atoms with Crippen LogP contribution in [0.5, 0.6) is 0 Å². The summed E-state index contributed by atoms with van der Waals surface area (Å²) in [6, 6.07) is 0.463. The minimum atomic E-state index is -2.42. The summed E-state index contributed by atoms with van der Waals surface area (Å²) in [5.41, 5.74) is 0. The smallest absolute Gasteiger partial charge is 0.250 e. The van der Waals surface area contributed by atoms with Crippen LogP contribution >= 0.6 is 0 Å². The van der Waals surface area contributed by atoms with E-state index in [2.05, 4.69) is 18.7 Å². The fraction of sp³-hybridized carbons (Fsp3) is 1.00. The summed E-state index contributed by atoms with van der Waals surface area (Å²) < 4.78 is 26.1. The van der Waals surface area contributed by atoms with E-state index in [0.29, 0.717) is 12.6 Å². The first-order valence-electron chi connectivity index (χ1n) is 5.10. The van der Waals surface area contributed by atoms with Crippen LogP contribution in [0.4, 0.5) is 8.78 Å². The predicted molar refractivity (Wildman–Crippen MR) is 50.1 cm³/mol. The largest absolute Gasteiger partial charge is 0.298 e. The Morgan fingerprint density at radius 3 is 2.54 bits per heavy atom. The predicted octanol–water partition coefficient (Wildman–Crippen LogP) is 2.90. The van der Waals surface area contributed by atoms with Gasteiger partial charge in [-0.2, -0.15) is 0 Å². The maximum Gasteiger partial charge on any atom is 0.250 e. The maximum absolute atomic E-state index is 13.1. The highest BCUT2D eigenvalue weighted by Gasteiger charge is 2.39. The van der Waals surface area contributed by atoms with Gasteiger partial charge in [0, 0.05) is 31.5 Å². The molecule has 1 aliphatic rings. The number of hydrogen-bond donors (Lipinski definition) is 0. The number of hydrogen-bond acceptors (Lipinski definition) is 1. The molecule has 1 rings (SSSR count). The highest BCUT2D eigenvalue weighted by molar-refractivity contribution is 4.86. The van der Waals surface area contributed by atoms with E-state index < -0.39 is 5.92 Å². The first kappa shape index (κ1) is 10.9. The summed E-state index contributed by atoms with van der Waals surface area (Å²) in [5, 5.41) is 0. The van der Waals surface area contributed by atoms with Gasteiger partial charge < -0.3 is 0 Å². The van der Waals surface area contributed by atoms with E-state index in [9.17, 15) is 8.78 Å². The standard InChI is InChI=1S/C10H19F2N/c1-4-9-7-10(11,12)5-6-13(9)8(2)3/h8-9H,4-7H2,1-3H3/t9-/m0/s1. The number of likely N-dealkylation sites (tertiary alicyclic amines) is 1. The van der Waals surface area contributed by atoms with E-state index >= 15 is 0 Å². The Balaban J connectivity index is 2.61. The third-order valence-corrected chi connectivity index (χ3v) is 2.87. The first-order valence-corrected chi connectivity index (χ1v) is 5.10. The second kappa shape index (κ2) is 3.91. The van der Waals surface area contributed by atoms with Gasteiger partial charge in [0.15, 0.2) is 0 Å². The topological polar surface area (TPSA) is 3.24 Å². The van der Waals surface area contributed by atoms with Crippen molar-refractivity contribution in [2.75, 3.05) is 6.54 Å². The fourth-order valence-corrected chi connectivity index (χ4v) is 2.10. The molecule has 1 aliphatic heterocycles. The molecule has 0 unspecified atom stereocenters. The van der Waals surface area contributed by atoms with E-state index in [4.69, 9.17) is 0 Å². The zero-order valence-electron chi connectivity index (χ0n) is 8.69. The van der Waals surface area contributed by atoms with Crippen LogP contribution in [0.25, 0.3) is 0 Å². The fourth-order valence-electron chi connectivity index (χ4n) is 2.10. The number of nitrogens with zero attached hydrogens (tertiary/aromatic N) is 1. The molecule has 1 heterocycles. The Bertz CT molecular complexity index is 168. The Labute approximate surface area is 79.1 Å². The number of piperidine rings is 1. The maximum atomic E-state index is 13.1. The molecule has 1 nitrogen and oxygen atoms in total. The first-order chi connectivity index (χ1) is 5.96. The molecule has 3 heteroatoms. The second-order valence-corrected chi connectivity index (χ2v) is 4.20. The Morgan fingerprint density at radius 1 is 1.46 bits per heavy atom. The van der Waals surface area contributed by atoms with Crippen molar-refractivity contribution in [3.8, 4) is 0 Å². The van der Waals surface area contributed by atoms with Gasteiger partial charge in [-0.05, 0) is 20.3 Å². The molecule has 0 aromatic heterocycles. The Hall–Kier alpha value is -0.180. The molecule has 0 amide bonds. The van der Waals surface area contributed by atoms with Crippen molar-refractivity contribution in [1.82, 2.24) is 4.90 Å². The third kappa shape index (κ3) is 2.63. The highest BCUT2D eigenvalue weighted by atomic mass is 19.3. The lowest BCUT2D eigenvalue weighted by Crippen LogP contribution is -2.49. The van der Waals surface area contributed by atoms with Crippen LogP contribution in [0.15, 0.2) is 0 Å². The van der Waals surface area contributed by atoms with Crippen molar-refractivity contribution in [2.45, 2.75) is 58.0 Å². The summed E-state index contributed by atoms with van der Waals surface area (Å²) in [7, 11) is 0. The van der Waals surface area contributed by atoms with E-state index in [1.54, 1.807) is 0 Å². The monoisotopic (exact) mass is 191 g/mol. The van der Waals surface area contributed by atoms with Crippen LogP contribution in [-0.4, -0.2) is 29.5 Å². The summed E-state index contributed by atoms with van der Waals surface area (Å²) >= 11 is 0. The van der Waals surface area contributed by atoms with E-state index in [1.807, 2.05) is 6.92 Å². The van der Waals surface area contributed by atoms with Crippen molar-refractivity contribution in [3.63, 3.8) is 0 Å². The molecule has 1 atom stereocenters. The molecular formula is C10H19F2N. The van der Waals surface area contributed by atoms with Gasteiger partial charge in [-0.15, -0.1) is 0 Å². The lowest BCUT2D eigenvalue weighted by atomic mass is 9.95. The van der Waals surface area contributed by atoms with E-state index in [-0.39, 0.29) is 18.9 Å². The normalized spacial score (nSPS) is 29.5. The van der Waals surface area contributed by atoms with Crippen LogP contribution in [0.3, 0.4) is 0 Å². The molecule has 13 heavy (non-hydrogen) atoms. The van der Waals surface area contributed by atoms with Crippen LogP contribution < -0.4 is 0 Å². The van der Waals surface area contributed by atoms with Gasteiger partial charge in [-0.25, -0.2) is 8.78 Å². The van der Waals surface area contributed by atoms with Gasteiger partial charge in [-0.3, -0.25) is 4.90 Å². The van der Waals surface area contributed by atoms with Crippen LogP contribution in [0, 0.1) is 0 Å². The minimum absolute atomic E-state index is 0.0294. The average Bonchev–Trinajstić information content (AvgIpc) is 2.01. The van der Waals surface area contributed by atoms with Crippen molar-refractivity contribution < 1.29 is 8.78 Å². The SMILES string of the molecule is CC[C@H]1CC(F)(F)CCN1C(C)C. The lowest BCUT2D eigenvalue weighted by Gasteiger charge is -2.41. The Morgan fingerprint density at radius 2 is 2.08 bits per heavy atom. The van der Waals surface area contributed by atoms with Gasteiger partial charge in [-0.1, -0.05) is 6.92 Å². The summed E-state index contributed by atoms with van der Waals surface area (Å²) in [6.07, 6.45) is 0.900. The van der Waals surface area contributed by atoms with Gasteiger partial charge in [0.1, 0.15) is 0 Å². The summed E-state index contributed by atoms with van der Waals surface area (Å²) in [6.45, 7) is 6.68. The third-order valence-electron chi connectivity index (χ3n) is 2.87. The zero-order chi connectivity index (χ0) is 10.1. The zero-order valence-corrected chi connectivity index (χ0v) is 8.69. The molecule has 1 saturated heterocycles. The minimum Gasteiger partial charge on any atom is -0.298 e. The molecule has 0 bridgehead atoms. The van der Waals surface area contributed by atoms with Crippen molar-refractivity contribution in [2.24, 2.45) is 0 Å². The summed E-state index contributed by atoms with van der Waals surface area (Å²) in [4.78, 5) is 2.19. The average molecular weight is 191 g/mol. The van der Waals surface area contributed by atoms with Gasteiger partial charge in [0.2, 0.25) is 0 Å². The molecule has 78 valence electrons. The van der Waals surface area contributed by atoms with E-state index in [1.165, 1.54) is 0 Å². The van der Waals surface area contributed by atoms with Gasteiger partial charge in [0.05, 0.1) is 0 Å². The molecule has 0 aliphatic carbocycles. The molecule has 1 fully saturated rings. The van der Waals surface area contributed by atoms with Crippen molar-refractivity contribution in [3.05, 3.63) is 0 Å². The van der Waals surface area contributed by atoms with Gasteiger partial charge >= 0.3 is 0 Å². The summed E-state index contributed by atoms with van der Waals surface area (Å²) in [5.74, 6) is -2.42. The highest BCUT2D eigenvalue weighted by Crippen LogP contribution is 2.33. The number of halogens is 2. The van der Waals surface area contributed by atoms with E-state index in [0.717, 1.165) is 6.42 Å². The van der Waals surface area contributed by atoms with Gasteiger partial charge in [0.25, 0.3) is 5.92 Å². The number of alkyl halides is 2. The second-order valence-electron chi connectivity index (χ2n) is 4.20. The van der Waals surface area contributed by atoms with Crippen LogP contribution in [0.1, 0.15) is 40.0 Å². The quantitative estimate of drug-likeness (QED) is 0.648. The lowest BCUT2D eigenvalue weighted by molar-refractivity contribution is -0.0855. The van der Waals surface area contributed by atoms with Crippen molar-refractivity contribution in [1.29, 1.82) is 0 Å². The molecule has 0 N–H and O–H groups in total. The molecular weight excluding hydrogens is 172 g/mol.